The molecule has 0 N–H and O–H groups in total. The lowest BCUT2D eigenvalue weighted by Gasteiger charge is -2.20. The monoisotopic (exact) mass is 752 g/mol. The normalized spacial score (nSPS) is 12.1. The van der Waals surface area contributed by atoms with Crippen LogP contribution in [0.4, 0.5) is 0 Å². The van der Waals surface area contributed by atoms with E-state index in [0.29, 0.717) is 0 Å². The first-order valence-corrected chi connectivity index (χ1v) is 20.7. The number of fused-ring (bicyclic) bond motifs is 13. The zero-order valence-corrected chi connectivity index (χ0v) is 32.1. The van der Waals surface area contributed by atoms with E-state index in [1.54, 1.807) is 0 Å². The van der Waals surface area contributed by atoms with Crippen LogP contribution < -0.4 is 0 Å². The van der Waals surface area contributed by atoms with E-state index >= 15 is 0 Å². The third-order valence-corrected chi connectivity index (χ3v) is 13.6. The van der Waals surface area contributed by atoms with E-state index in [1.807, 2.05) is 11.3 Å². The smallest absolute Gasteiger partial charge is 0.143 e. The molecule has 13 rings (SSSR count). The molecule has 0 aliphatic heterocycles. The molecular weight excluding hydrogens is 721 g/mol. The van der Waals surface area contributed by atoms with Gasteiger partial charge in [0.05, 0.1) is 0 Å². The quantitative estimate of drug-likeness (QED) is 0.164. The Kier molecular flexibility index (Phi) is 6.66. The van der Waals surface area contributed by atoms with E-state index in [-0.39, 0.29) is 0 Å². The van der Waals surface area contributed by atoms with Crippen molar-refractivity contribution in [2.45, 2.75) is 0 Å². The maximum absolute atomic E-state index is 6.59. The predicted molar refractivity (Wildman–Crippen MR) is 250 cm³/mol. The van der Waals surface area contributed by atoms with Crippen LogP contribution in [0.15, 0.2) is 199 Å². The van der Waals surface area contributed by atoms with Gasteiger partial charge in [0.1, 0.15) is 11.2 Å². The second-order valence-corrected chi connectivity index (χ2v) is 16.5. The van der Waals surface area contributed by atoms with Gasteiger partial charge >= 0.3 is 0 Å². The summed E-state index contributed by atoms with van der Waals surface area (Å²) in [6.07, 6.45) is 0. The topological polar surface area (TPSA) is 13.1 Å². The molecule has 2 heterocycles. The average Bonchev–Trinajstić information content (AvgIpc) is 3.86. The molecule has 0 aliphatic carbocycles. The summed E-state index contributed by atoms with van der Waals surface area (Å²) in [5.74, 6) is 0. The van der Waals surface area contributed by atoms with Crippen molar-refractivity contribution in [3.63, 3.8) is 0 Å². The fourth-order valence-electron chi connectivity index (χ4n) is 9.95. The van der Waals surface area contributed by atoms with E-state index in [4.69, 9.17) is 4.42 Å². The Hall–Kier alpha value is -7.26. The van der Waals surface area contributed by atoms with Crippen molar-refractivity contribution in [2.24, 2.45) is 0 Å². The summed E-state index contributed by atoms with van der Waals surface area (Å²) in [4.78, 5) is 0. The van der Waals surface area contributed by atoms with Crippen LogP contribution in [0.3, 0.4) is 0 Å². The lowest BCUT2D eigenvalue weighted by atomic mass is 9.83. The van der Waals surface area contributed by atoms with Crippen molar-refractivity contribution in [2.75, 3.05) is 0 Å². The Morgan fingerprint density at radius 3 is 1.55 bits per heavy atom. The van der Waals surface area contributed by atoms with Crippen molar-refractivity contribution >= 4 is 107 Å². The van der Waals surface area contributed by atoms with Gasteiger partial charge in [0.25, 0.3) is 0 Å². The Labute approximate surface area is 337 Å². The van der Waals surface area contributed by atoms with Crippen molar-refractivity contribution in [3.8, 4) is 33.4 Å². The maximum atomic E-state index is 6.59. The highest BCUT2D eigenvalue weighted by molar-refractivity contribution is 7.26. The van der Waals surface area contributed by atoms with Crippen molar-refractivity contribution in [3.05, 3.63) is 194 Å². The molecule has 13 aromatic rings. The van der Waals surface area contributed by atoms with Gasteiger partial charge in [-0.25, -0.2) is 0 Å². The number of hydrogen-bond donors (Lipinski definition) is 0. The van der Waals surface area contributed by atoms with Crippen LogP contribution in [0.2, 0.25) is 0 Å². The summed E-state index contributed by atoms with van der Waals surface area (Å²) in [6.45, 7) is 0. The van der Waals surface area contributed by atoms with Gasteiger partial charge in [0, 0.05) is 36.3 Å². The molecule has 2 aromatic heterocycles. The van der Waals surface area contributed by atoms with Crippen LogP contribution in [0.5, 0.6) is 0 Å². The minimum atomic E-state index is 0.939. The van der Waals surface area contributed by atoms with Gasteiger partial charge in [-0.15, -0.1) is 11.3 Å². The average molecular weight is 753 g/mol. The molecule has 0 spiro atoms. The fourth-order valence-corrected chi connectivity index (χ4v) is 11.1. The Bertz CT molecular complexity index is 3800. The van der Waals surface area contributed by atoms with Gasteiger partial charge < -0.3 is 4.42 Å². The molecule has 58 heavy (non-hydrogen) atoms. The first-order valence-electron chi connectivity index (χ1n) is 19.9. The number of thiophene rings is 1. The summed E-state index contributed by atoms with van der Waals surface area (Å²) in [6, 6.07) is 71.5. The molecule has 0 saturated carbocycles. The Morgan fingerprint density at radius 1 is 0.310 bits per heavy atom. The van der Waals surface area contributed by atoms with E-state index in [1.165, 1.54) is 113 Å². The van der Waals surface area contributed by atoms with Crippen molar-refractivity contribution in [1.29, 1.82) is 0 Å². The van der Waals surface area contributed by atoms with Gasteiger partial charge in [0.2, 0.25) is 0 Å². The molecule has 0 radical (unpaired) electrons. The number of hydrogen-bond acceptors (Lipinski definition) is 2. The van der Waals surface area contributed by atoms with E-state index in [9.17, 15) is 0 Å². The third kappa shape index (κ3) is 4.46. The molecule has 0 amide bonds. The van der Waals surface area contributed by atoms with E-state index in [2.05, 4.69) is 194 Å². The van der Waals surface area contributed by atoms with Crippen LogP contribution in [0.1, 0.15) is 0 Å². The van der Waals surface area contributed by atoms with Gasteiger partial charge in [-0.3, -0.25) is 0 Å². The van der Waals surface area contributed by atoms with E-state index < -0.39 is 0 Å². The van der Waals surface area contributed by atoms with Gasteiger partial charge in [-0.2, -0.15) is 0 Å². The molecule has 0 aliphatic rings. The van der Waals surface area contributed by atoms with E-state index in [0.717, 1.165) is 16.6 Å². The fraction of sp³-hybridized carbons (Fsp3) is 0. The standard InChI is InChI=1S/C56H32OS/c1-3-15-36-33(12-1)14-11-23-41(36)52-42-19-7-9-21-44(42)53(45-22-10-8-20-43(45)52)46-29-28-37(39-17-5-6-18-40(39)46)35-25-26-47-51(32-35)58-50-31-30-49-54(55(47)50)48-27-24-34-13-2-4-16-38(34)56(48)57-49/h1-32H. The summed E-state index contributed by atoms with van der Waals surface area (Å²) < 4.78 is 9.15. The minimum absolute atomic E-state index is 0.939. The first-order chi connectivity index (χ1) is 28.8. The molecule has 1 nitrogen and oxygen atoms in total. The number of benzene rings is 11. The predicted octanol–water partition coefficient (Wildman–Crippen LogP) is 16.7. The number of rotatable bonds is 3. The van der Waals surface area contributed by atoms with Gasteiger partial charge in [-0.05, 0) is 106 Å². The largest absolute Gasteiger partial charge is 0.455 e. The second kappa shape index (κ2) is 12.1. The summed E-state index contributed by atoms with van der Waals surface area (Å²) in [5, 5.41) is 17.4. The van der Waals surface area contributed by atoms with Gasteiger partial charge in [0.15, 0.2) is 0 Å². The molecule has 0 fully saturated rings. The van der Waals surface area contributed by atoms with Crippen molar-refractivity contribution in [1.82, 2.24) is 0 Å². The third-order valence-electron chi connectivity index (χ3n) is 12.5. The Morgan fingerprint density at radius 2 is 0.845 bits per heavy atom. The maximum Gasteiger partial charge on any atom is 0.143 e. The highest BCUT2D eigenvalue weighted by atomic mass is 32.1. The first kappa shape index (κ1) is 31.9. The molecule has 268 valence electrons. The molecule has 0 saturated heterocycles. The SMILES string of the molecule is c1ccc2c(-c3c4ccccc4c(-c4ccc(-c5ccc6c(c5)sc5ccc7oc8c9ccccc9ccc8c7c56)c5ccccc45)c4ccccc34)cccc2c1. The second-order valence-electron chi connectivity index (χ2n) is 15.5. The minimum Gasteiger partial charge on any atom is -0.455 e. The number of furan rings is 1. The summed E-state index contributed by atoms with van der Waals surface area (Å²) in [7, 11) is 0. The molecule has 0 atom stereocenters. The van der Waals surface area contributed by atoms with Crippen molar-refractivity contribution < 1.29 is 4.42 Å². The van der Waals surface area contributed by atoms with Crippen LogP contribution in [-0.2, 0) is 0 Å². The van der Waals surface area contributed by atoms with Crippen LogP contribution in [0.25, 0.3) is 129 Å². The lowest BCUT2D eigenvalue weighted by Crippen LogP contribution is -1.93. The zero-order valence-electron chi connectivity index (χ0n) is 31.3. The Balaban J connectivity index is 1.02. The summed E-state index contributed by atoms with van der Waals surface area (Å²) in [5.41, 5.74) is 9.46. The van der Waals surface area contributed by atoms with Crippen LogP contribution in [-0.4, -0.2) is 0 Å². The molecule has 0 bridgehead atoms. The highest BCUT2D eigenvalue weighted by Crippen LogP contribution is 2.49. The molecule has 0 unspecified atom stereocenters. The highest BCUT2D eigenvalue weighted by Gasteiger charge is 2.21. The molecule has 2 heteroatoms. The lowest BCUT2D eigenvalue weighted by molar-refractivity contribution is 0.673. The summed E-state index contributed by atoms with van der Waals surface area (Å²) >= 11 is 1.87. The zero-order chi connectivity index (χ0) is 37.9. The van der Waals surface area contributed by atoms with Crippen LogP contribution in [0, 0.1) is 0 Å². The van der Waals surface area contributed by atoms with Crippen LogP contribution >= 0.6 is 11.3 Å². The van der Waals surface area contributed by atoms with Gasteiger partial charge in [-0.1, -0.05) is 170 Å². The molecule has 11 aromatic carbocycles. The molecular formula is C56H32OS.